The average Bonchev–Trinajstić information content (AvgIpc) is 2.92. The summed E-state index contributed by atoms with van der Waals surface area (Å²) in [7, 11) is -4.13. The maximum atomic E-state index is 14.1. The van der Waals surface area contributed by atoms with Crippen molar-refractivity contribution < 1.29 is 27.9 Å². The number of carbonyl (C=O) groups is 2. The monoisotopic (exact) mass is 436 g/mol. The number of hydrogen-bond donors (Lipinski definition) is 1. The number of ketones is 1. The van der Waals surface area contributed by atoms with Gasteiger partial charge in [0, 0.05) is 12.0 Å². The van der Waals surface area contributed by atoms with Crippen LogP contribution in [0.2, 0.25) is 0 Å². The van der Waals surface area contributed by atoms with E-state index < -0.39 is 20.6 Å². The Bertz CT molecular complexity index is 1240. The van der Waals surface area contributed by atoms with E-state index in [2.05, 4.69) is 0 Å². The smallest absolute Gasteiger partial charge is 0.335 e. The lowest BCUT2D eigenvalue weighted by molar-refractivity contribution is -0.121. The van der Waals surface area contributed by atoms with Crippen LogP contribution in [0.1, 0.15) is 27.9 Å². The number of hydrogen-bond acceptors (Lipinski definition) is 5. The van der Waals surface area contributed by atoms with E-state index in [0.717, 1.165) is 0 Å². The van der Waals surface area contributed by atoms with E-state index in [1.165, 1.54) is 30.3 Å². The predicted molar refractivity (Wildman–Crippen MR) is 114 cm³/mol. The molecule has 0 saturated carbocycles. The molecular weight excluding hydrogens is 416 g/mol. The molecule has 1 aliphatic rings. The molecule has 0 amide bonds. The number of carboxylic acids is 1. The number of aromatic carboxylic acids is 1. The molecular formula is C24H20O6S. The van der Waals surface area contributed by atoms with Crippen molar-refractivity contribution in [3.8, 4) is 5.75 Å². The zero-order chi connectivity index (χ0) is 22.1. The minimum Gasteiger partial charge on any atom is -0.485 e. The number of carboxylic acid groups (broad SMARTS) is 1. The van der Waals surface area contributed by atoms with Gasteiger partial charge in [-0.2, -0.15) is 0 Å². The van der Waals surface area contributed by atoms with Crippen LogP contribution in [0.3, 0.4) is 0 Å². The molecule has 0 aliphatic carbocycles. The Morgan fingerprint density at radius 2 is 1.61 bits per heavy atom. The number of fused-ring (bicyclic) bond motifs is 1. The van der Waals surface area contributed by atoms with E-state index in [0.29, 0.717) is 5.56 Å². The standard InChI is InChI=1S/C24H20O6S/c25-19-15-24(14-17-7-3-1-4-8-17,31(28,29)20-9-5-2-6-10-20)21-13-18(23(26)27)11-12-22(21)30-16-19/h1-13H,14-16H2,(H,26,27). The lowest BCUT2D eigenvalue weighted by Gasteiger charge is -2.33. The van der Waals surface area contributed by atoms with Gasteiger partial charge < -0.3 is 9.84 Å². The molecule has 1 aliphatic heterocycles. The van der Waals surface area contributed by atoms with Crippen molar-refractivity contribution in [2.75, 3.05) is 6.61 Å². The van der Waals surface area contributed by atoms with Crippen LogP contribution in [0.4, 0.5) is 0 Å². The molecule has 1 atom stereocenters. The molecule has 0 bridgehead atoms. The number of sulfone groups is 1. The third kappa shape index (κ3) is 3.72. The Hall–Kier alpha value is -3.45. The summed E-state index contributed by atoms with van der Waals surface area (Å²) in [6.45, 7) is -0.278. The minimum atomic E-state index is -4.13. The van der Waals surface area contributed by atoms with Crippen molar-refractivity contribution in [1.29, 1.82) is 0 Å². The van der Waals surface area contributed by atoms with Gasteiger partial charge in [0.15, 0.2) is 15.6 Å². The van der Waals surface area contributed by atoms with Crippen LogP contribution in [0.5, 0.6) is 5.75 Å². The second kappa shape index (κ2) is 8.00. The molecule has 3 aromatic rings. The summed E-state index contributed by atoms with van der Waals surface area (Å²) in [5.41, 5.74) is 0.826. The Kier molecular flexibility index (Phi) is 5.37. The van der Waals surface area contributed by atoms with E-state index in [9.17, 15) is 23.1 Å². The summed E-state index contributed by atoms with van der Waals surface area (Å²) in [6.07, 6.45) is -0.328. The van der Waals surface area contributed by atoms with Crippen molar-refractivity contribution in [1.82, 2.24) is 0 Å². The molecule has 0 spiro atoms. The third-order valence-corrected chi connectivity index (χ3v) is 7.92. The summed E-state index contributed by atoms with van der Waals surface area (Å²) >= 11 is 0. The van der Waals surface area contributed by atoms with Crippen LogP contribution in [-0.4, -0.2) is 31.9 Å². The van der Waals surface area contributed by atoms with Crippen molar-refractivity contribution in [3.05, 3.63) is 95.6 Å². The van der Waals surface area contributed by atoms with E-state index in [1.54, 1.807) is 42.5 Å². The zero-order valence-electron chi connectivity index (χ0n) is 16.5. The van der Waals surface area contributed by atoms with Crippen LogP contribution in [0, 0.1) is 0 Å². The van der Waals surface area contributed by atoms with Crippen LogP contribution < -0.4 is 4.74 Å². The highest BCUT2D eigenvalue weighted by Gasteiger charge is 2.51. The summed E-state index contributed by atoms with van der Waals surface area (Å²) < 4.78 is 32.1. The van der Waals surface area contributed by atoms with Gasteiger partial charge in [0.05, 0.1) is 10.5 Å². The van der Waals surface area contributed by atoms with Gasteiger partial charge in [-0.15, -0.1) is 0 Å². The van der Waals surface area contributed by atoms with Crippen LogP contribution in [0.15, 0.2) is 83.8 Å². The molecule has 1 unspecified atom stereocenters. The van der Waals surface area contributed by atoms with Crippen molar-refractivity contribution in [3.63, 3.8) is 0 Å². The molecule has 1 heterocycles. The molecule has 0 aromatic heterocycles. The topological polar surface area (TPSA) is 97.7 Å². The summed E-state index contributed by atoms with van der Waals surface area (Å²) in [4.78, 5) is 24.5. The van der Waals surface area contributed by atoms with E-state index in [-0.39, 0.29) is 47.0 Å². The lowest BCUT2D eigenvalue weighted by Crippen LogP contribution is -2.40. The molecule has 7 heteroatoms. The summed E-state index contributed by atoms with van der Waals surface area (Å²) in [5.74, 6) is -1.36. The lowest BCUT2D eigenvalue weighted by atomic mass is 9.86. The normalized spacial score (nSPS) is 18.5. The van der Waals surface area contributed by atoms with Gasteiger partial charge in [-0.25, -0.2) is 13.2 Å². The molecule has 0 saturated heterocycles. The summed E-state index contributed by atoms with van der Waals surface area (Å²) in [5, 5.41) is 9.53. The van der Waals surface area contributed by atoms with Gasteiger partial charge in [0.1, 0.15) is 17.1 Å². The Morgan fingerprint density at radius 1 is 0.968 bits per heavy atom. The third-order valence-electron chi connectivity index (χ3n) is 5.49. The minimum absolute atomic E-state index is 0.00373. The van der Waals surface area contributed by atoms with Gasteiger partial charge >= 0.3 is 5.97 Å². The first-order valence-corrected chi connectivity index (χ1v) is 11.2. The van der Waals surface area contributed by atoms with E-state index in [4.69, 9.17) is 4.74 Å². The number of benzene rings is 3. The quantitative estimate of drug-likeness (QED) is 0.656. The van der Waals surface area contributed by atoms with Crippen molar-refractivity contribution >= 4 is 21.6 Å². The van der Waals surface area contributed by atoms with E-state index in [1.807, 2.05) is 6.07 Å². The van der Waals surface area contributed by atoms with Gasteiger partial charge in [0.2, 0.25) is 0 Å². The second-order valence-electron chi connectivity index (χ2n) is 7.49. The predicted octanol–water partition coefficient (Wildman–Crippen LogP) is 3.65. The molecule has 6 nitrogen and oxygen atoms in total. The second-order valence-corrected chi connectivity index (χ2v) is 9.75. The maximum absolute atomic E-state index is 14.1. The zero-order valence-corrected chi connectivity index (χ0v) is 17.3. The fourth-order valence-electron chi connectivity index (χ4n) is 4.01. The first-order valence-electron chi connectivity index (χ1n) is 9.69. The Balaban J connectivity index is 2.05. The van der Waals surface area contributed by atoms with Gasteiger partial charge in [0.25, 0.3) is 0 Å². The average molecular weight is 436 g/mol. The van der Waals surface area contributed by atoms with Crippen LogP contribution >= 0.6 is 0 Å². The highest BCUT2D eigenvalue weighted by Crippen LogP contribution is 2.47. The highest BCUT2D eigenvalue weighted by atomic mass is 32.2. The number of rotatable bonds is 5. The molecule has 31 heavy (non-hydrogen) atoms. The van der Waals surface area contributed by atoms with Gasteiger partial charge in [-0.1, -0.05) is 48.5 Å². The largest absolute Gasteiger partial charge is 0.485 e. The number of ether oxygens (including phenoxy) is 1. The maximum Gasteiger partial charge on any atom is 0.335 e. The first kappa shape index (κ1) is 20.8. The van der Waals surface area contributed by atoms with Crippen LogP contribution in [-0.2, 0) is 25.8 Å². The molecule has 0 fully saturated rings. The fourth-order valence-corrected chi connectivity index (χ4v) is 6.13. The van der Waals surface area contributed by atoms with Crippen LogP contribution in [0.25, 0.3) is 0 Å². The summed E-state index contributed by atoms with van der Waals surface area (Å²) in [6, 6.07) is 21.0. The first-order chi connectivity index (χ1) is 14.8. The van der Waals surface area contributed by atoms with E-state index >= 15 is 0 Å². The SMILES string of the molecule is O=C1COc2ccc(C(=O)O)cc2C(Cc2ccccc2)(S(=O)(=O)c2ccccc2)C1. The Morgan fingerprint density at radius 3 is 2.26 bits per heavy atom. The molecule has 0 radical (unpaired) electrons. The van der Waals surface area contributed by atoms with Gasteiger partial charge in [-0.05, 0) is 42.3 Å². The number of Topliss-reactive ketones (excluding diaryl/α,β-unsaturated/α-hetero) is 1. The number of carbonyl (C=O) groups excluding carboxylic acids is 1. The van der Waals surface area contributed by atoms with Crippen molar-refractivity contribution in [2.24, 2.45) is 0 Å². The van der Waals surface area contributed by atoms with Crippen molar-refractivity contribution in [2.45, 2.75) is 22.5 Å². The Labute approximate surface area is 180 Å². The molecule has 4 rings (SSSR count). The van der Waals surface area contributed by atoms with Gasteiger partial charge in [-0.3, -0.25) is 4.79 Å². The molecule has 1 N–H and O–H groups in total. The molecule has 158 valence electrons. The fraction of sp³-hybridized carbons (Fsp3) is 0.167. The highest BCUT2D eigenvalue weighted by molar-refractivity contribution is 7.92. The molecule has 3 aromatic carbocycles.